The molecular weight excluding hydrogens is 216 g/mol. The maximum absolute atomic E-state index is 11.7. The second kappa shape index (κ2) is 5.25. The fraction of sp³-hybridized carbons (Fsp3) is 0.250. The highest BCUT2D eigenvalue weighted by Crippen LogP contribution is 1.96. The van der Waals surface area contributed by atoms with Gasteiger partial charge in [0, 0.05) is 37.9 Å². The van der Waals surface area contributed by atoms with Gasteiger partial charge in [-0.3, -0.25) is 9.78 Å². The fourth-order valence-corrected chi connectivity index (χ4v) is 1.53. The van der Waals surface area contributed by atoms with E-state index in [9.17, 15) is 4.79 Å². The third-order valence-electron chi connectivity index (χ3n) is 2.49. The van der Waals surface area contributed by atoms with Crippen LogP contribution in [0.15, 0.2) is 36.9 Å². The summed E-state index contributed by atoms with van der Waals surface area (Å²) in [4.78, 5) is 19.7. The van der Waals surface area contributed by atoms with Gasteiger partial charge in [0.05, 0.1) is 5.56 Å². The van der Waals surface area contributed by atoms with Crippen molar-refractivity contribution in [2.24, 2.45) is 0 Å². The normalized spacial score (nSPS) is 10.2. The number of pyridine rings is 1. The van der Waals surface area contributed by atoms with Crippen molar-refractivity contribution in [3.05, 3.63) is 48.3 Å². The number of amides is 1. The lowest BCUT2D eigenvalue weighted by Crippen LogP contribution is -2.27. The molecule has 0 radical (unpaired) electrons. The number of aromatic nitrogens is 3. The smallest absolute Gasteiger partial charge is 0.252 e. The number of carbonyl (C=O) groups is 1. The lowest BCUT2D eigenvalue weighted by atomic mass is 10.3. The van der Waals surface area contributed by atoms with Gasteiger partial charge < -0.3 is 9.88 Å². The number of imidazole rings is 1. The second-order valence-corrected chi connectivity index (χ2v) is 3.67. The monoisotopic (exact) mass is 230 g/mol. The maximum atomic E-state index is 11.7. The first kappa shape index (κ1) is 11.3. The van der Waals surface area contributed by atoms with Gasteiger partial charge in [-0.2, -0.15) is 0 Å². The van der Waals surface area contributed by atoms with E-state index in [4.69, 9.17) is 0 Å². The van der Waals surface area contributed by atoms with Crippen LogP contribution in [0.3, 0.4) is 0 Å². The van der Waals surface area contributed by atoms with Gasteiger partial charge in [-0.1, -0.05) is 0 Å². The third-order valence-corrected chi connectivity index (χ3v) is 2.49. The summed E-state index contributed by atoms with van der Waals surface area (Å²) in [5.41, 5.74) is 0.579. The first-order valence-electron chi connectivity index (χ1n) is 5.43. The van der Waals surface area contributed by atoms with Crippen molar-refractivity contribution in [3.63, 3.8) is 0 Å². The Morgan fingerprint density at radius 3 is 3.00 bits per heavy atom. The number of hydrogen-bond donors (Lipinski definition) is 1. The molecule has 5 nitrogen and oxygen atoms in total. The Balaban J connectivity index is 1.84. The molecule has 0 atom stereocenters. The molecule has 0 saturated carbocycles. The van der Waals surface area contributed by atoms with Crippen LogP contribution >= 0.6 is 0 Å². The van der Waals surface area contributed by atoms with Crippen LogP contribution in [0.25, 0.3) is 0 Å². The Kier molecular flexibility index (Phi) is 3.49. The van der Waals surface area contributed by atoms with Crippen LogP contribution in [0.5, 0.6) is 0 Å². The summed E-state index contributed by atoms with van der Waals surface area (Å²) in [5.74, 6) is 0.844. The molecule has 2 rings (SSSR count). The van der Waals surface area contributed by atoms with Gasteiger partial charge in [-0.25, -0.2) is 4.98 Å². The molecule has 0 fully saturated rings. The highest BCUT2D eigenvalue weighted by molar-refractivity contribution is 5.93. The van der Waals surface area contributed by atoms with E-state index in [0.717, 1.165) is 12.4 Å². The molecule has 1 amide bonds. The Morgan fingerprint density at radius 1 is 1.47 bits per heavy atom. The van der Waals surface area contributed by atoms with Gasteiger partial charge in [0.25, 0.3) is 5.91 Å². The van der Waals surface area contributed by atoms with Gasteiger partial charge in [-0.15, -0.1) is 0 Å². The zero-order valence-electron chi connectivity index (χ0n) is 9.63. The van der Waals surface area contributed by atoms with Crippen LogP contribution in [-0.4, -0.2) is 27.0 Å². The molecule has 1 N–H and O–H groups in total. The quantitative estimate of drug-likeness (QED) is 0.853. The predicted octanol–water partition coefficient (Wildman–Crippen LogP) is 1.02. The van der Waals surface area contributed by atoms with E-state index in [-0.39, 0.29) is 5.91 Å². The van der Waals surface area contributed by atoms with Crippen LogP contribution < -0.4 is 5.32 Å². The Morgan fingerprint density at radius 2 is 2.35 bits per heavy atom. The number of hydrogen-bond acceptors (Lipinski definition) is 3. The molecule has 2 aromatic heterocycles. The number of carbonyl (C=O) groups excluding carboxylic acids is 1. The summed E-state index contributed by atoms with van der Waals surface area (Å²) in [6.45, 7) is 3.23. The third kappa shape index (κ3) is 2.90. The molecular formula is C12H14N4O. The largest absolute Gasteiger partial charge is 0.350 e. The molecule has 0 saturated heterocycles. The number of nitrogens with one attached hydrogen (secondary N) is 1. The van der Waals surface area contributed by atoms with E-state index in [1.54, 1.807) is 30.7 Å². The first-order chi connectivity index (χ1) is 8.27. The van der Waals surface area contributed by atoms with Gasteiger partial charge >= 0.3 is 0 Å². The van der Waals surface area contributed by atoms with Gasteiger partial charge in [-0.05, 0) is 19.1 Å². The molecule has 17 heavy (non-hydrogen) atoms. The summed E-state index contributed by atoms with van der Waals surface area (Å²) in [6, 6.07) is 3.49. The zero-order valence-corrected chi connectivity index (χ0v) is 9.63. The van der Waals surface area contributed by atoms with Gasteiger partial charge in [0.15, 0.2) is 0 Å². The highest BCUT2D eigenvalue weighted by Gasteiger charge is 2.04. The molecule has 0 aliphatic rings. The maximum Gasteiger partial charge on any atom is 0.252 e. The Hall–Kier alpha value is -2.17. The number of rotatable bonds is 4. The van der Waals surface area contributed by atoms with Crippen LogP contribution in [0.4, 0.5) is 0 Å². The van der Waals surface area contributed by atoms with Crippen molar-refractivity contribution in [3.8, 4) is 0 Å². The standard InChI is InChI=1S/C12H14N4O/c1-10-14-5-7-16(10)8-6-15-12(17)11-3-2-4-13-9-11/h2-5,7,9H,6,8H2,1H3,(H,15,17). The summed E-state index contributed by atoms with van der Waals surface area (Å²) in [5, 5.41) is 2.84. The SMILES string of the molecule is Cc1nccn1CCNC(=O)c1cccnc1. The van der Waals surface area contributed by atoms with E-state index in [0.29, 0.717) is 12.1 Å². The summed E-state index contributed by atoms with van der Waals surface area (Å²) in [7, 11) is 0. The van der Waals surface area contributed by atoms with Crippen LogP contribution in [-0.2, 0) is 6.54 Å². The van der Waals surface area contributed by atoms with Crippen molar-refractivity contribution in [2.75, 3.05) is 6.54 Å². The Bertz CT molecular complexity index is 492. The van der Waals surface area contributed by atoms with Crippen LogP contribution in [0, 0.1) is 6.92 Å². The molecule has 0 aromatic carbocycles. The summed E-state index contributed by atoms with van der Waals surface area (Å²) in [6.07, 6.45) is 6.84. The molecule has 88 valence electrons. The van der Waals surface area contributed by atoms with Crippen molar-refractivity contribution < 1.29 is 4.79 Å². The van der Waals surface area contributed by atoms with E-state index >= 15 is 0 Å². The van der Waals surface area contributed by atoms with Gasteiger partial charge in [0.1, 0.15) is 5.82 Å². The molecule has 0 unspecified atom stereocenters. The van der Waals surface area contributed by atoms with E-state index in [1.165, 1.54) is 0 Å². The molecule has 0 aliphatic heterocycles. The van der Waals surface area contributed by atoms with Crippen molar-refractivity contribution in [2.45, 2.75) is 13.5 Å². The minimum absolute atomic E-state index is 0.101. The first-order valence-corrected chi connectivity index (χ1v) is 5.43. The number of nitrogens with zero attached hydrogens (tertiary/aromatic N) is 3. The average molecular weight is 230 g/mol. The minimum Gasteiger partial charge on any atom is -0.350 e. The average Bonchev–Trinajstić information content (AvgIpc) is 2.76. The van der Waals surface area contributed by atoms with E-state index in [2.05, 4.69) is 15.3 Å². The van der Waals surface area contributed by atoms with E-state index < -0.39 is 0 Å². The van der Waals surface area contributed by atoms with Gasteiger partial charge in [0.2, 0.25) is 0 Å². The predicted molar refractivity (Wildman–Crippen MR) is 63.5 cm³/mol. The molecule has 0 bridgehead atoms. The van der Waals surface area contributed by atoms with Crippen molar-refractivity contribution in [1.29, 1.82) is 0 Å². The van der Waals surface area contributed by atoms with E-state index in [1.807, 2.05) is 17.7 Å². The minimum atomic E-state index is -0.101. The summed E-state index contributed by atoms with van der Waals surface area (Å²) >= 11 is 0. The molecule has 0 spiro atoms. The molecule has 5 heteroatoms. The van der Waals surface area contributed by atoms with Crippen LogP contribution in [0.1, 0.15) is 16.2 Å². The topological polar surface area (TPSA) is 59.8 Å². The summed E-state index contributed by atoms with van der Waals surface area (Å²) < 4.78 is 1.99. The zero-order chi connectivity index (χ0) is 12.1. The van der Waals surface area contributed by atoms with Crippen molar-refractivity contribution >= 4 is 5.91 Å². The fourth-order valence-electron chi connectivity index (χ4n) is 1.53. The second-order valence-electron chi connectivity index (χ2n) is 3.67. The lowest BCUT2D eigenvalue weighted by molar-refractivity contribution is 0.0952. The molecule has 2 aromatic rings. The number of aryl methyl sites for hydroxylation is 1. The highest BCUT2D eigenvalue weighted by atomic mass is 16.1. The lowest BCUT2D eigenvalue weighted by Gasteiger charge is -2.06. The molecule has 0 aliphatic carbocycles. The van der Waals surface area contributed by atoms with Crippen LogP contribution in [0.2, 0.25) is 0 Å². The van der Waals surface area contributed by atoms with Crippen molar-refractivity contribution in [1.82, 2.24) is 19.9 Å². The molecule has 2 heterocycles. The Labute approximate surface area is 99.5 Å².